The van der Waals surface area contributed by atoms with Gasteiger partial charge in [-0.25, -0.2) is 26.8 Å². The summed E-state index contributed by atoms with van der Waals surface area (Å²) in [6.07, 6.45) is 2.84. The maximum atomic E-state index is 13.3. The predicted octanol–water partition coefficient (Wildman–Crippen LogP) is 1.33. The molecule has 3 aromatic rings. The van der Waals surface area contributed by atoms with Gasteiger partial charge in [0.05, 0.1) is 9.79 Å². The zero-order valence-corrected chi connectivity index (χ0v) is 22.3. The fraction of sp³-hybridized carbons (Fsp3) is 0.333. The second kappa shape index (κ2) is 10.1. The Kier molecular flexibility index (Phi) is 6.56. The average molecular weight is 576 g/mol. The molecule has 15 heteroatoms. The summed E-state index contributed by atoms with van der Waals surface area (Å²) in [4.78, 5) is 10.4. The van der Waals surface area contributed by atoms with Crippen molar-refractivity contribution in [2.75, 3.05) is 62.2 Å². The van der Waals surface area contributed by atoms with Crippen LogP contribution in [0.25, 0.3) is 0 Å². The summed E-state index contributed by atoms with van der Waals surface area (Å²) in [6.45, 7) is 2.39. The molecule has 3 aliphatic rings. The van der Waals surface area contributed by atoms with E-state index >= 15 is 0 Å². The van der Waals surface area contributed by atoms with Crippen LogP contribution in [-0.2, 0) is 20.0 Å². The predicted molar refractivity (Wildman–Crippen MR) is 139 cm³/mol. The third-order valence-electron chi connectivity index (χ3n) is 6.42. The van der Waals surface area contributed by atoms with E-state index in [4.69, 9.17) is 18.9 Å². The fourth-order valence-corrected chi connectivity index (χ4v) is 6.95. The van der Waals surface area contributed by atoms with Crippen molar-refractivity contribution in [3.05, 3.63) is 48.8 Å². The summed E-state index contributed by atoms with van der Waals surface area (Å²) >= 11 is 0. The van der Waals surface area contributed by atoms with Crippen LogP contribution >= 0.6 is 0 Å². The Morgan fingerprint density at radius 2 is 1.21 bits per heavy atom. The number of fused-ring (bicyclic) bond motifs is 2. The molecule has 1 saturated heterocycles. The van der Waals surface area contributed by atoms with E-state index in [1.54, 1.807) is 17.0 Å². The molecule has 206 valence electrons. The van der Waals surface area contributed by atoms with Crippen molar-refractivity contribution in [3.63, 3.8) is 0 Å². The number of hydrogen-bond donors (Lipinski definition) is 1. The molecule has 0 unspecified atom stereocenters. The first-order valence-electron chi connectivity index (χ1n) is 12.2. The topological polar surface area (TPSA) is 149 Å². The van der Waals surface area contributed by atoms with Gasteiger partial charge in [0.15, 0.2) is 34.6 Å². The molecule has 1 N–H and O–H groups in total. The lowest BCUT2D eigenvalue weighted by Crippen LogP contribution is -2.49. The normalized spacial score (nSPS) is 17.5. The number of nitrogens with one attached hydrogen (secondary N) is 1. The van der Waals surface area contributed by atoms with E-state index in [0.29, 0.717) is 55.2 Å². The molecule has 0 amide bonds. The van der Waals surface area contributed by atoms with Crippen LogP contribution in [0.1, 0.15) is 0 Å². The van der Waals surface area contributed by atoms with Crippen LogP contribution < -0.4 is 28.6 Å². The first kappa shape index (κ1) is 25.5. The van der Waals surface area contributed by atoms with Gasteiger partial charge in [-0.2, -0.15) is 4.31 Å². The first-order chi connectivity index (χ1) is 18.8. The Balaban J connectivity index is 1.17. The molecule has 4 heterocycles. The van der Waals surface area contributed by atoms with Crippen molar-refractivity contribution in [1.29, 1.82) is 0 Å². The van der Waals surface area contributed by atoms with E-state index < -0.39 is 20.0 Å². The molecule has 0 radical (unpaired) electrons. The highest BCUT2D eigenvalue weighted by Gasteiger charge is 2.31. The van der Waals surface area contributed by atoms with Gasteiger partial charge in [0, 0.05) is 50.7 Å². The molecule has 0 aliphatic carbocycles. The summed E-state index contributed by atoms with van der Waals surface area (Å²) < 4.78 is 78.8. The van der Waals surface area contributed by atoms with Crippen LogP contribution in [0.15, 0.2) is 58.6 Å². The van der Waals surface area contributed by atoms with Gasteiger partial charge in [-0.1, -0.05) is 0 Å². The van der Waals surface area contributed by atoms with Gasteiger partial charge < -0.3 is 23.8 Å². The van der Waals surface area contributed by atoms with Gasteiger partial charge in [-0.3, -0.25) is 4.72 Å². The number of rotatable bonds is 6. The van der Waals surface area contributed by atoms with Crippen molar-refractivity contribution < 1.29 is 35.8 Å². The highest BCUT2D eigenvalue weighted by Crippen LogP contribution is 2.35. The van der Waals surface area contributed by atoms with E-state index in [9.17, 15) is 16.8 Å². The molecule has 3 aliphatic heterocycles. The van der Waals surface area contributed by atoms with Gasteiger partial charge in [0.2, 0.25) is 10.0 Å². The molecule has 1 aromatic heterocycles. The number of benzene rings is 2. The molecular formula is C24H25N5O8S2. The van der Waals surface area contributed by atoms with Gasteiger partial charge in [-0.05, 0) is 24.3 Å². The summed E-state index contributed by atoms with van der Waals surface area (Å²) in [5.41, 5.74) is 0. The Morgan fingerprint density at radius 3 is 1.85 bits per heavy atom. The van der Waals surface area contributed by atoms with Crippen molar-refractivity contribution in [2.45, 2.75) is 9.79 Å². The summed E-state index contributed by atoms with van der Waals surface area (Å²) in [6, 6.07) is 8.94. The molecule has 39 heavy (non-hydrogen) atoms. The zero-order valence-electron chi connectivity index (χ0n) is 20.6. The number of anilines is 2. The lowest BCUT2D eigenvalue weighted by molar-refractivity contribution is 0.171. The third-order valence-corrected chi connectivity index (χ3v) is 9.65. The monoisotopic (exact) mass is 575 g/mol. The van der Waals surface area contributed by atoms with Crippen molar-refractivity contribution in [1.82, 2.24) is 14.3 Å². The van der Waals surface area contributed by atoms with Crippen LogP contribution in [0.2, 0.25) is 0 Å². The number of hydrogen-bond acceptors (Lipinski definition) is 11. The molecule has 2 aromatic carbocycles. The minimum atomic E-state index is -4.03. The molecule has 0 spiro atoms. The van der Waals surface area contributed by atoms with E-state index in [1.807, 2.05) is 0 Å². The molecule has 0 atom stereocenters. The number of ether oxygens (including phenoxy) is 4. The minimum Gasteiger partial charge on any atom is -0.486 e. The highest BCUT2D eigenvalue weighted by atomic mass is 32.2. The SMILES string of the molecule is O=S(=O)(Nc1nccnc1N1CCN(S(=O)(=O)c2ccc3c(c2)OCCO3)CC1)c1ccc2c(c1)OCCO2. The van der Waals surface area contributed by atoms with Crippen LogP contribution in [0.5, 0.6) is 23.0 Å². The second-order valence-electron chi connectivity index (χ2n) is 8.84. The molecular weight excluding hydrogens is 550 g/mol. The Labute approximate surface area is 225 Å². The van der Waals surface area contributed by atoms with E-state index in [-0.39, 0.29) is 41.8 Å². The molecule has 0 saturated carbocycles. The van der Waals surface area contributed by atoms with E-state index in [0.717, 1.165) is 0 Å². The Morgan fingerprint density at radius 1 is 0.667 bits per heavy atom. The van der Waals surface area contributed by atoms with Gasteiger partial charge >= 0.3 is 0 Å². The lowest BCUT2D eigenvalue weighted by atomic mass is 10.3. The number of piperazine rings is 1. The number of sulfonamides is 2. The molecule has 0 bridgehead atoms. The van der Waals surface area contributed by atoms with Crippen molar-refractivity contribution in [2.24, 2.45) is 0 Å². The second-order valence-corrected chi connectivity index (χ2v) is 12.5. The van der Waals surface area contributed by atoms with Gasteiger partial charge in [0.1, 0.15) is 26.4 Å². The fourth-order valence-electron chi connectivity index (χ4n) is 4.48. The quantitative estimate of drug-likeness (QED) is 0.454. The lowest BCUT2D eigenvalue weighted by Gasteiger charge is -2.35. The Bertz CT molecular complexity index is 1610. The average Bonchev–Trinajstić information content (AvgIpc) is 2.97. The van der Waals surface area contributed by atoms with Gasteiger partial charge in [-0.15, -0.1) is 0 Å². The molecule has 13 nitrogen and oxygen atoms in total. The minimum absolute atomic E-state index is 0.0151. The van der Waals surface area contributed by atoms with Crippen molar-refractivity contribution >= 4 is 31.7 Å². The van der Waals surface area contributed by atoms with E-state index in [1.165, 1.54) is 41.0 Å². The maximum Gasteiger partial charge on any atom is 0.263 e. The van der Waals surface area contributed by atoms with Crippen LogP contribution in [0, 0.1) is 0 Å². The smallest absolute Gasteiger partial charge is 0.263 e. The van der Waals surface area contributed by atoms with Crippen LogP contribution in [0.4, 0.5) is 11.6 Å². The third kappa shape index (κ3) is 4.99. The summed E-state index contributed by atoms with van der Waals surface area (Å²) in [7, 11) is -7.81. The van der Waals surface area contributed by atoms with Crippen LogP contribution in [0.3, 0.4) is 0 Å². The largest absolute Gasteiger partial charge is 0.486 e. The van der Waals surface area contributed by atoms with E-state index in [2.05, 4.69) is 14.7 Å². The molecule has 6 rings (SSSR count). The maximum absolute atomic E-state index is 13.3. The summed E-state index contributed by atoms with van der Waals surface area (Å²) in [5.74, 6) is 2.07. The van der Waals surface area contributed by atoms with Crippen molar-refractivity contribution in [3.8, 4) is 23.0 Å². The number of nitrogens with zero attached hydrogens (tertiary/aromatic N) is 4. The molecule has 1 fully saturated rings. The summed E-state index contributed by atoms with van der Waals surface area (Å²) in [5, 5.41) is 0. The standard InChI is InChI=1S/C24H25N5O8S2/c30-38(31,17-1-3-19-21(15-17)36-13-11-34-19)27-23-24(26-6-5-25-23)28-7-9-29(10-8-28)39(32,33)18-2-4-20-22(16-18)37-14-12-35-20/h1-6,15-16H,7-14H2,(H,25,27). The first-order valence-corrected chi connectivity index (χ1v) is 15.1. The number of aromatic nitrogens is 2. The van der Waals surface area contributed by atoms with Gasteiger partial charge in [0.25, 0.3) is 10.0 Å². The zero-order chi connectivity index (χ0) is 27.0. The highest BCUT2D eigenvalue weighted by molar-refractivity contribution is 7.92. The Hall–Kier alpha value is -3.82. The van der Waals surface area contributed by atoms with Crippen LogP contribution in [-0.4, -0.2) is 83.7 Å².